The minimum absolute atomic E-state index is 0.162. The standard InChI is InChI=1S/C19H19N3O2S/c23-18(22-12-4-8-15(22)16-9-5-13-25-16)11-10-17-20-19(21-24-17)14-6-2-1-3-7-14/h1-3,5-7,9,13,15H,4,8,10-12H2/t15-/m0/s1. The molecule has 5 nitrogen and oxygen atoms in total. The van der Waals surface area contributed by atoms with Crippen molar-refractivity contribution in [1.82, 2.24) is 15.0 Å². The van der Waals surface area contributed by atoms with Gasteiger partial charge in [0.05, 0.1) is 6.04 Å². The van der Waals surface area contributed by atoms with Crippen molar-refractivity contribution < 1.29 is 9.32 Å². The van der Waals surface area contributed by atoms with E-state index in [0.717, 1.165) is 24.9 Å². The molecule has 1 aromatic carbocycles. The highest BCUT2D eigenvalue weighted by Gasteiger charge is 2.30. The van der Waals surface area contributed by atoms with E-state index in [-0.39, 0.29) is 11.9 Å². The molecule has 4 rings (SSSR count). The van der Waals surface area contributed by atoms with Gasteiger partial charge in [-0.2, -0.15) is 4.98 Å². The molecule has 3 aromatic rings. The summed E-state index contributed by atoms with van der Waals surface area (Å²) in [5.41, 5.74) is 0.918. The van der Waals surface area contributed by atoms with E-state index in [1.165, 1.54) is 4.88 Å². The number of thiophene rings is 1. The number of hydrogen-bond acceptors (Lipinski definition) is 5. The molecule has 1 fully saturated rings. The molecule has 0 unspecified atom stereocenters. The van der Waals surface area contributed by atoms with Crippen molar-refractivity contribution in [3.8, 4) is 11.4 Å². The highest BCUT2D eigenvalue weighted by molar-refractivity contribution is 7.10. The number of carbonyl (C=O) groups excluding carboxylic acids is 1. The van der Waals surface area contributed by atoms with E-state index in [1.54, 1.807) is 11.3 Å². The fourth-order valence-corrected chi connectivity index (χ4v) is 4.13. The molecule has 128 valence electrons. The topological polar surface area (TPSA) is 59.2 Å². The van der Waals surface area contributed by atoms with Gasteiger partial charge in [0, 0.05) is 29.8 Å². The normalized spacial score (nSPS) is 17.1. The summed E-state index contributed by atoms with van der Waals surface area (Å²) in [5.74, 6) is 1.25. The summed E-state index contributed by atoms with van der Waals surface area (Å²) in [6, 6.07) is 14.1. The van der Waals surface area contributed by atoms with Gasteiger partial charge in [-0.3, -0.25) is 4.79 Å². The largest absolute Gasteiger partial charge is 0.339 e. The molecule has 1 amide bonds. The van der Waals surface area contributed by atoms with Crippen molar-refractivity contribution in [3.05, 3.63) is 58.6 Å². The first-order valence-corrected chi connectivity index (χ1v) is 9.40. The predicted octanol–water partition coefficient (Wildman–Crippen LogP) is 4.09. The first kappa shape index (κ1) is 16.0. The Bertz CT molecular complexity index is 829. The molecular weight excluding hydrogens is 334 g/mol. The van der Waals surface area contributed by atoms with Crippen molar-refractivity contribution in [2.75, 3.05) is 6.54 Å². The number of aromatic nitrogens is 2. The molecule has 25 heavy (non-hydrogen) atoms. The molecule has 0 spiro atoms. The fraction of sp³-hybridized carbons (Fsp3) is 0.316. The number of hydrogen-bond donors (Lipinski definition) is 0. The van der Waals surface area contributed by atoms with Gasteiger partial charge in [-0.1, -0.05) is 41.6 Å². The van der Waals surface area contributed by atoms with E-state index in [4.69, 9.17) is 4.52 Å². The Hall–Kier alpha value is -2.47. The first-order chi connectivity index (χ1) is 12.3. The van der Waals surface area contributed by atoms with Gasteiger partial charge in [-0.15, -0.1) is 11.3 Å². The van der Waals surface area contributed by atoms with Crippen molar-refractivity contribution in [2.45, 2.75) is 31.7 Å². The monoisotopic (exact) mass is 353 g/mol. The van der Waals surface area contributed by atoms with Crippen LogP contribution < -0.4 is 0 Å². The minimum Gasteiger partial charge on any atom is -0.339 e. The lowest BCUT2D eigenvalue weighted by atomic mass is 10.1. The Morgan fingerprint density at radius 3 is 2.92 bits per heavy atom. The Morgan fingerprint density at radius 2 is 2.12 bits per heavy atom. The molecule has 1 aliphatic heterocycles. The molecule has 0 radical (unpaired) electrons. The van der Waals surface area contributed by atoms with Gasteiger partial charge >= 0.3 is 0 Å². The summed E-state index contributed by atoms with van der Waals surface area (Å²) >= 11 is 1.72. The summed E-state index contributed by atoms with van der Waals surface area (Å²) in [5, 5.41) is 6.08. The van der Waals surface area contributed by atoms with Gasteiger partial charge in [0.15, 0.2) is 0 Å². The average molecular weight is 353 g/mol. The third-order valence-corrected chi connectivity index (χ3v) is 5.47. The molecule has 0 N–H and O–H groups in total. The van der Waals surface area contributed by atoms with Crippen LogP contribution in [0.2, 0.25) is 0 Å². The van der Waals surface area contributed by atoms with Crippen LogP contribution in [0.5, 0.6) is 0 Å². The van der Waals surface area contributed by atoms with Crippen LogP contribution in [0.1, 0.15) is 36.1 Å². The van der Waals surface area contributed by atoms with Crippen LogP contribution in [0.25, 0.3) is 11.4 Å². The van der Waals surface area contributed by atoms with Crippen LogP contribution >= 0.6 is 11.3 Å². The number of likely N-dealkylation sites (tertiary alicyclic amines) is 1. The van der Waals surface area contributed by atoms with Gasteiger partial charge in [0.25, 0.3) is 0 Å². The summed E-state index contributed by atoms with van der Waals surface area (Å²) in [6.07, 6.45) is 2.99. The van der Waals surface area contributed by atoms with Crippen LogP contribution in [0.4, 0.5) is 0 Å². The Kier molecular flexibility index (Phi) is 4.61. The summed E-state index contributed by atoms with van der Waals surface area (Å²) in [4.78, 5) is 20.3. The van der Waals surface area contributed by atoms with Crippen LogP contribution in [0, 0.1) is 0 Å². The SMILES string of the molecule is O=C(CCc1nc(-c2ccccc2)no1)N1CCC[C@H]1c1cccs1. The molecule has 2 aromatic heterocycles. The molecular formula is C19H19N3O2S. The van der Waals surface area contributed by atoms with Crippen LogP contribution in [-0.4, -0.2) is 27.5 Å². The average Bonchev–Trinajstić information content (AvgIpc) is 3.41. The quantitative estimate of drug-likeness (QED) is 0.693. The van der Waals surface area contributed by atoms with Crippen molar-refractivity contribution in [1.29, 1.82) is 0 Å². The van der Waals surface area contributed by atoms with Crippen LogP contribution in [0.3, 0.4) is 0 Å². The van der Waals surface area contributed by atoms with Crippen molar-refractivity contribution in [2.24, 2.45) is 0 Å². The van der Waals surface area contributed by atoms with Crippen molar-refractivity contribution in [3.63, 3.8) is 0 Å². The van der Waals surface area contributed by atoms with E-state index in [0.29, 0.717) is 24.6 Å². The highest BCUT2D eigenvalue weighted by Crippen LogP contribution is 2.34. The molecule has 1 aliphatic rings. The third-order valence-electron chi connectivity index (χ3n) is 4.50. The maximum Gasteiger partial charge on any atom is 0.227 e. The second kappa shape index (κ2) is 7.19. The van der Waals surface area contributed by atoms with E-state index in [1.807, 2.05) is 41.3 Å². The number of amides is 1. The summed E-state index contributed by atoms with van der Waals surface area (Å²) in [7, 11) is 0. The molecule has 0 aliphatic carbocycles. The smallest absolute Gasteiger partial charge is 0.227 e. The van der Waals surface area contributed by atoms with Crippen LogP contribution in [-0.2, 0) is 11.2 Å². The first-order valence-electron chi connectivity index (χ1n) is 8.52. The van der Waals surface area contributed by atoms with Gasteiger partial charge in [-0.25, -0.2) is 0 Å². The van der Waals surface area contributed by atoms with Gasteiger partial charge in [-0.05, 0) is 24.3 Å². The third kappa shape index (κ3) is 3.49. The Balaban J connectivity index is 1.38. The number of rotatable bonds is 5. The zero-order valence-electron chi connectivity index (χ0n) is 13.8. The highest BCUT2D eigenvalue weighted by atomic mass is 32.1. The van der Waals surface area contributed by atoms with E-state index < -0.39 is 0 Å². The lowest BCUT2D eigenvalue weighted by Crippen LogP contribution is -2.30. The maximum absolute atomic E-state index is 12.6. The lowest BCUT2D eigenvalue weighted by Gasteiger charge is -2.23. The second-order valence-corrected chi connectivity index (χ2v) is 7.12. The molecule has 3 heterocycles. The Morgan fingerprint density at radius 1 is 1.24 bits per heavy atom. The van der Waals surface area contributed by atoms with Gasteiger partial charge in [0.2, 0.25) is 17.6 Å². The summed E-state index contributed by atoms with van der Waals surface area (Å²) < 4.78 is 5.30. The number of aryl methyl sites for hydroxylation is 1. The van der Waals surface area contributed by atoms with Crippen LogP contribution in [0.15, 0.2) is 52.4 Å². The fourth-order valence-electron chi connectivity index (χ4n) is 3.26. The Labute approximate surface area is 150 Å². The second-order valence-electron chi connectivity index (χ2n) is 6.14. The number of nitrogens with zero attached hydrogens (tertiary/aromatic N) is 3. The number of carbonyl (C=O) groups is 1. The minimum atomic E-state index is 0.162. The predicted molar refractivity (Wildman–Crippen MR) is 96.1 cm³/mol. The zero-order chi connectivity index (χ0) is 17.1. The maximum atomic E-state index is 12.6. The van der Waals surface area contributed by atoms with E-state index in [2.05, 4.69) is 21.6 Å². The van der Waals surface area contributed by atoms with Gasteiger partial charge < -0.3 is 9.42 Å². The summed E-state index contributed by atoms with van der Waals surface area (Å²) in [6.45, 7) is 0.834. The lowest BCUT2D eigenvalue weighted by molar-refractivity contribution is -0.132. The zero-order valence-corrected chi connectivity index (χ0v) is 14.6. The van der Waals surface area contributed by atoms with E-state index in [9.17, 15) is 4.79 Å². The van der Waals surface area contributed by atoms with Gasteiger partial charge in [0.1, 0.15) is 0 Å². The number of benzene rings is 1. The molecule has 0 bridgehead atoms. The molecule has 0 saturated carbocycles. The van der Waals surface area contributed by atoms with E-state index >= 15 is 0 Å². The van der Waals surface area contributed by atoms with Crippen molar-refractivity contribution >= 4 is 17.2 Å². The molecule has 1 atom stereocenters. The molecule has 6 heteroatoms. The molecule has 1 saturated heterocycles.